The van der Waals surface area contributed by atoms with Crippen LogP contribution < -0.4 is 4.90 Å². The maximum Gasteiger partial charge on any atom is 0.416 e. The van der Waals surface area contributed by atoms with E-state index in [1.165, 1.54) is 22.6 Å². The number of carboxylic acid groups (broad SMARTS) is 1. The Balaban J connectivity index is 1.74. The van der Waals surface area contributed by atoms with Gasteiger partial charge in [-0.25, -0.2) is 37.9 Å². The fraction of sp³-hybridized carbons (Fsp3) is 0.364. The van der Waals surface area contributed by atoms with Crippen molar-refractivity contribution in [2.24, 2.45) is 5.41 Å². The second-order valence-corrected chi connectivity index (χ2v) is 16.0. The molecule has 46 heavy (non-hydrogen) atoms. The average molecular weight is 666 g/mol. The first-order valence-electron chi connectivity index (χ1n) is 14.6. The normalized spacial score (nSPS) is 13.0. The number of aryl methyl sites for hydroxylation is 1. The second-order valence-electron chi connectivity index (χ2n) is 12.9. The van der Waals surface area contributed by atoms with Crippen LogP contribution in [-0.2, 0) is 32.6 Å². The van der Waals surface area contributed by atoms with Crippen molar-refractivity contribution in [3.8, 4) is 10.6 Å². The molecule has 1 amide bonds. The number of benzene rings is 1. The summed E-state index contributed by atoms with van der Waals surface area (Å²) in [5.41, 5.74) is 0.123. The van der Waals surface area contributed by atoms with Gasteiger partial charge < -0.3 is 9.84 Å². The Bertz CT molecular complexity index is 1780. The van der Waals surface area contributed by atoms with Crippen molar-refractivity contribution in [2.45, 2.75) is 78.2 Å². The van der Waals surface area contributed by atoms with E-state index in [1.807, 2.05) is 31.2 Å². The highest BCUT2D eigenvalue weighted by molar-refractivity contribution is 7.89. The van der Waals surface area contributed by atoms with Crippen molar-refractivity contribution < 1.29 is 27.9 Å². The third-order valence-corrected chi connectivity index (χ3v) is 9.37. The molecular formula is C33H39N5O6S2. The Morgan fingerprint density at radius 1 is 0.935 bits per heavy atom. The molecule has 0 bridgehead atoms. The summed E-state index contributed by atoms with van der Waals surface area (Å²) in [6.45, 7) is 12.0. The van der Waals surface area contributed by atoms with Crippen LogP contribution in [0.4, 0.5) is 10.6 Å². The van der Waals surface area contributed by atoms with Crippen molar-refractivity contribution in [2.75, 3.05) is 4.90 Å². The van der Waals surface area contributed by atoms with E-state index in [0.717, 1.165) is 25.9 Å². The number of hydrogen-bond donors (Lipinski definition) is 1. The van der Waals surface area contributed by atoms with Crippen LogP contribution >= 0.6 is 11.3 Å². The molecule has 1 unspecified atom stereocenters. The largest absolute Gasteiger partial charge is 0.480 e. The summed E-state index contributed by atoms with van der Waals surface area (Å²) in [6.07, 6.45) is 2.33. The lowest BCUT2D eigenvalue weighted by molar-refractivity contribution is -0.141. The summed E-state index contributed by atoms with van der Waals surface area (Å²) in [4.78, 5) is 41.3. The first-order chi connectivity index (χ1) is 21.5. The Morgan fingerprint density at radius 2 is 1.63 bits per heavy atom. The quantitative estimate of drug-likeness (QED) is 0.200. The van der Waals surface area contributed by atoms with Crippen LogP contribution in [0.15, 0.2) is 78.1 Å². The molecule has 1 atom stereocenters. The predicted octanol–water partition coefficient (Wildman–Crippen LogP) is 6.54. The van der Waals surface area contributed by atoms with E-state index >= 15 is 0 Å². The van der Waals surface area contributed by atoms with Crippen LogP contribution in [0.25, 0.3) is 10.6 Å². The number of ether oxygens (including phenoxy) is 1. The molecule has 0 aliphatic heterocycles. The van der Waals surface area contributed by atoms with Crippen LogP contribution in [0.3, 0.4) is 0 Å². The van der Waals surface area contributed by atoms with E-state index in [4.69, 9.17) is 4.74 Å². The number of rotatable bonds is 10. The molecule has 4 aromatic rings. The van der Waals surface area contributed by atoms with Gasteiger partial charge in [-0.05, 0) is 62.9 Å². The lowest BCUT2D eigenvalue weighted by atomic mass is 9.85. The number of anilines is 1. The second kappa shape index (κ2) is 13.7. The van der Waals surface area contributed by atoms with E-state index in [1.54, 1.807) is 83.3 Å². The molecule has 1 aromatic carbocycles. The molecular weight excluding hydrogens is 627 g/mol. The Kier molecular flexibility index (Phi) is 10.3. The molecule has 0 saturated carbocycles. The Labute approximate surface area is 274 Å². The zero-order valence-corrected chi connectivity index (χ0v) is 28.6. The monoisotopic (exact) mass is 665 g/mol. The Hall–Kier alpha value is -4.20. The molecule has 0 fully saturated rings. The van der Waals surface area contributed by atoms with Crippen LogP contribution in [0.2, 0.25) is 0 Å². The van der Waals surface area contributed by atoms with Gasteiger partial charge in [-0.15, -0.1) is 11.3 Å². The number of sulfonamides is 1. The maximum absolute atomic E-state index is 13.9. The van der Waals surface area contributed by atoms with Gasteiger partial charge >= 0.3 is 12.1 Å². The lowest BCUT2D eigenvalue weighted by Crippen LogP contribution is -2.54. The highest BCUT2D eigenvalue weighted by atomic mass is 32.2. The molecule has 244 valence electrons. The van der Waals surface area contributed by atoms with Crippen molar-refractivity contribution >= 4 is 39.2 Å². The summed E-state index contributed by atoms with van der Waals surface area (Å²) in [7, 11) is -4.11. The minimum atomic E-state index is -4.11. The van der Waals surface area contributed by atoms with Gasteiger partial charge in [-0.2, -0.15) is 4.31 Å². The van der Waals surface area contributed by atoms with Crippen LogP contribution in [0.5, 0.6) is 0 Å². The van der Waals surface area contributed by atoms with Crippen molar-refractivity contribution in [3.63, 3.8) is 0 Å². The highest BCUT2D eigenvalue weighted by Gasteiger charge is 2.42. The number of aromatic nitrogens is 3. The predicted molar refractivity (Wildman–Crippen MR) is 177 cm³/mol. The molecule has 4 rings (SSSR count). The number of carboxylic acids is 1. The van der Waals surface area contributed by atoms with Gasteiger partial charge in [0, 0.05) is 29.4 Å². The summed E-state index contributed by atoms with van der Waals surface area (Å²) in [5.74, 6) is -1.21. The van der Waals surface area contributed by atoms with Crippen molar-refractivity contribution in [1.82, 2.24) is 19.3 Å². The van der Waals surface area contributed by atoms with Gasteiger partial charge in [0.15, 0.2) is 5.03 Å². The zero-order valence-electron chi connectivity index (χ0n) is 27.0. The first kappa shape index (κ1) is 34.7. The van der Waals surface area contributed by atoms with Crippen molar-refractivity contribution in [1.29, 1.82) is 0 Å². The summed E-state index contributed by atoms with van der Waals surface area (Å²) >= 11 is 1.57. The molecule has 11 nitrogen and oxygen atoms in total. The van der Waals surface area contributed by atoms with Crippen molar-refractivity contribution in [3.05, 3.63) is 89.2 Å². The maximum atomic E-state index is 13.9. The minimum Gasteiger partial charge on any atom is -0.480 e. The van der Waals surface area contributed by atoms with Gasteiger partial charge in [0.2, 0.25) is 0 Å². The third-order valence-electron chi connectivity index (χ3n) is 6.70. The fourth-order valence-corrected chi connectivity index (χ4v) is 6.78. The first-order valence-corrected chi connectivity index (χ1v) is 16.9. The number of carbonyl (C=O) groups is 2. The number of pyridine rings is 2. The standard InChI is InChI=1S/C33H39N5O6S2/c1-22-19-35-29(45-22)24-16-14-23(15-17-24)20-37(46(42,43)27-13-8-9-18-34-27)21-25-11-10-12-26(36-25)38(31(41)44-33(5,6)7)28(30(39)40)32(2,3)4/h8-19,28H,20-21H2,1-7H3,(H,39,40). The minimum absolute atomic E-state index is 0.00247. The SMILES string of the molecule is Cc1cnc(-c2ccc(CN(Cc3cccc(N(C(=O)OC(C)(C)C)C(C(=O)O)C(C)(C)C)n3)S(=O)(=O)c3ccccn3)cc2)s1. The van der Waals surface area contributed by atoms with E-state index < -0.39 is 39.1 Å². The summed E-state index contributed by atoms with van der Waals surface area (Å²) < 4.78 is 34.7. The number of aliphatic carboxylic acids is 1. The van der Waals surface area contributed by atoms with E-state index in [-0.39, 0.29) is 23.9 Å². The van der Waals surface area contributed by atoms with Gasteiger partial charge in [0.25, 0.3) is 10.0 Å². The lowest BCUT2D eigenvalue weighted by Gasteiger charge is -2.37. The number of hydrogen-bond acceptors (Lipinski definition) is 9. The van der Waals surface area contributed by atoms with E-state index in [2.05, 4.69) is 15.0 Å². The molecule has 0 aliphatic carbocycles. The van der Waals surface area contributed by atoms with E-state index in [0.29, 0.717) is 5.69 Å². The fourth-order valence-electron chi connectivity index (χ4n) is 4.68. The molecule has 0 aliphatic rings. The smallest absolute Gasteiger partial charge is 0.416 e. The van der Waals surface area contributed by atoms with Gasteiger partial charge in [-0.1, -0.05) is 57.2 Å². The van der Waals surface area contributed by atoms with Crippen LogP contribution in [-0.4, -0.2) is 56.5 Å². The topological polar surface area (TPSA) is 143 Å². The highest BCUT2D eigenvalue weighted by Crippen LogP contribution is 2.31. The number of carbonyl (C=O) groups excluding carboxylic acids is 1. The molecule has 3 heterocycles. The summed E-state index contributed by atoms with van der Waals surface area (Å²) in [5, 5.41) is 11.0. The zero-order chi connectivity index (χ0) is 33.9. The molecule has 13 heteroatoms. The Morgan fingerprint density at radius 3 is 2.17 bits per heavy atom. The number of amides is 1. The number of thiazole rings is 1. The van der Waals surface area contributed by atoms with Gasteiger partial charge in [0.1, 0.15) is 22.5 Å². The molecule has 0 saturated heterocycles. The van der Waals surface area contributed by atoms with Gasteiger partial charge in [-0.3, -0.25) is 0 Å². The third kappa shape index (κ3) is 8.53. The summed E-state index contributed by atoms with van der Waals surface area (Å²) in [6, 6.07) is 15.5. The van der Waals surface area contributed by atoms with Crippen LogP contribution in [0.1, 0.15) is 57.7 Å². The van der Waals surface area contributed by atoms with E-state index in [9.17, 15) is 23.1 Å². The number of nitrogens with zero attached hydrogens (tertiary/aromatic N) is 5. The van der Waals surface area contributed by atoms with Crippen LogP contribution in [0, 0.1) is 12.3 Å². The molecule has 3 aromatic heterocycles. The molecule has 0 spiro atoms. The molecule has 1 N–H and O–H groups in total. The average Bonchev–Trinajstić information content (AvgIpc) is 3.40. The van der Waals surface area contributed by atoms with Gasteiger partial charge in [0.05, 0.1) is 12.2 Å². The molecule has 0 radical (unpaired) electrons.